The molecule has 1 unspecified atom stereocenters. The van der Waals surface area contributed by atoms with Crippen LogP contribution in [0.4, 0.5) is 28.4 Å². The van der Waals surface area contributed by atoms with Gasteiger partial charge in [-0.05, 0) is 123 Å². The van der Waals surface area contributed by atoms with Crippen LogP contribution in [0.5, 0.6) is 0 Å². The second-order valence-electron chi connectivity index (χ2n) is 17.0. The summed E-state index contributed by atoms with van der Waals surface area (Å²) in [6.45, 7) is 9.52. The second kappa shape index (κ2) is 14.1. The predicted molar refractivity (Wildman–Crippen MR) is 247 cm³/mol. The van der Waals surface area contributed by atoms with Gasteiger partial charge in [0.05, 0.1) is 6.04 Å². The van der Waals surface area contributed by atoms with Crippen molar-refractivity contribution in [2.24, 2.45) is 0 Å². The number of hydrogen-bond acceptors (Lipinski definition) is 2. The fourth-order valence-corrected chi connectivity index (χ4v) is 9.66. The molecule has 3 aliphatic carbocycles. The van der Waals surface area contributed by atoms with Crippen LogP contribution >= 0.6 is 0 Å². The molecule has 0 aliphatic heterocycles. The molecular weight excluding hydrogens is 701 g/mol. The van der Waals surface area contributed by atoms with Crippen LogP contribution in [0, 0.1) is 0 Å². The van der Waals surface area contributed by atoms with Gasteiger partial charge in [0.1, 0.15) is 0 Å². The van der Waals surface area contributed by atoms with Gasteiger partial charge in [0.15, 0.2) is 0 Å². The van der Waals surface area contributed by atoms with Crippen molar-refractivity contribution >= 4 is 40.6 Å². The molecule has 0 bridgehead atoms. The van der Waals surface area contributed by atoms with Crippen molar-refractivity contribution in [3.05, 3.63) is 221 Å². The lowest BCUT2D eigenvalue weighted by molar-refractivity contribution is 0.659. The second-order valence-corrected chi connectivity index (χ2v) is 17.0. The maximum Gasteiger partial charge on any atom is 0.0559 e. The normalized spacial score (nSPS) is 16.4. The van der Waals surface area contributed by atoms with Gasteiger partial charge in [0, 0.05) is 39.3 Å². The van der Waals surface area contributed by atoms with E-state index in [4.69, 9.17) is 0 Å². The SMILES string of the molecule is CC1(C)c2cc(/C=C/c3ccc4c(c3)C(C)(C)c3cc(N(c5ccccc5)C5C=CC=CC5)ccc3-4)ccc2-c2ccc(N(c3ccccc3)c3ccccc3)cc21. The van der Waals surface area contributed by atoms with Gasteiger partial charge in [-0.2, -0.15) is 0 Å². The average Bonchev–Trinajstić information content (AvgIpc) is 3.63. The van der Waals surface area contributed by atoms with Crippen LogP contribution in [0.25, 0.3) is 34.4 Å². The van der Waals surface area contributed by atoms with Crippen molar-refractivity contribution in [3.63, 3.8) is 0 Å². The standard InChI is InChI=1S/C56H48N2/c1-55(2)51-35-39(27-31-47(51)49-33-29-45(37-53(49)55)57(41-17-9-5-10-18-41)42-19-11-6-12-20-42)25-26-40-28-32-48-50-34-30-46(38-54(50)56(3,4)52(48)36-40)58(43-21-13-7-14-22-43)44-23-15-8-16-24-44/h5-23,25-38,44H,24H2,1-4H3/b26-25+. The molecule has 2 heteroatoms. The summed E-state index contributed by atoms with van der Waals surface area (Å²) in [5.74, 6) is 0. The molecule has 282 valence electrons. The minimum atomic E-state index is -0.147. The van der Waals surface area contributed by atoms with Crippen molar-refractivity contribution in [2.45, 2.75) is 51.0 Å². The third-order valence-electron chi connectivity index (χ3n) is 12.7. The van der Waals surface area contributed by atoms with E-state index in [-0.39, 0.29) is 16.9 Å². The van der Waals surface area contributed by atoms with Crippen molar-refractivity contribution in [3.8, 4) is 22.3 Å². The van der Waals surface area contributed by atoms with E-state index in [1.807, 2.05) is 0 Å². The molecule has 7 aromatic rings. The first-order chi connectivity index (χ1) is 28.3. The van der Waals surface area contributed by atoms with E-state index >= 15 is 0 Å². The molecule has 0 N–H and O–H groups in total. The van der Waals surface area contributed by atoms with Crippen molar-refractivity contribution in [2.75, 3.05) is 9.80 Å². The molecule has 1 atom stereocenters. The summed E-state index contributed by atoms with van der Waals surface area (Å²) in [6, 6.07) is 60.6. The van der Waals surface area contributed by atoms with E-state index in [0.717, 1.165) is 17.8 Å². The molecule has 7 aromatic carbocycles. The fraction of sp³-hybridized carbons (Fsp3) is 0.143. The number of anilines is 5. The van der Waals surface area contributed by atoms with Gasteiger partial charge < -0.3 is 9.80 Å². The summed E-state index contributed by atoms with van der Waals surface area (Å²) >= 11 is 0. The molecule has 10 rings (SSSR count). The Morgan fingerprint density at radius 3 is 1.34 bits per heavy atom. The lowest BCUT2D eigenvalue weighted by Gasteiger charge is -2.33. The molecule has 0 amide bonds. The quantitative estimate of drug-likeness (QED) is 0.143. The Balaban J connectivity index is 0.936. The molecule has 0 spiro atoms. The van der Waals surface area contributed by atoms with Crippen LogP contribution < -0.4 is 9.80 Å². The Kier molecular flexibility index (Phi) is 8.68. The first-order valence-corrected chi connectivity index (χ1v) is 20.6. The van der Waals surface area contributed by atoms with Crippen molar-refractivity contribution in [1.29, 1.82) is 0 Å². The molecule has 2 nitrogen and oxygen atoms in total. The van der Waals surface area contributed by atoms with Crippen molar-refractivity contribution in [1.82, 2.24) is 0 Å². The minimum Gasteiger partial charge on any atom is -0.334 e. The molecule has 58 heavy (non-hydrogen) atoms. The summed E-state index contributed by atoms with van der Waals surface area (Å²) in [5, 5.41) is 0. The van der Waals surface area contributed by atoms with E-state index in [1.54, 1.807) is 0 Å². The lowest BCUT2D eigenvalue weighted by Crippen LogP contribution is -2.30. The Morgan fingerprint density at radius 1 is 0.431 bits per heavy atom. The molecule has 0 heterocycles. The number of rotatable bonds is 8. The van der Waals surface area contributed by atoms with Crippen LogP contribution in [-0.2, 0) is 10.8 Å². The number of nitrogens with zero attached hydrogens (tertiary/aromatic N) is 2. The van der Waals surface area contributed by atoms with Crippen LogP contribution in [0.2, 0.25) is 0 Å². The van der Waals surface area contributed by atoms with E-state index in [0.29, 0.717) is 0 Å². The number of hydrogen-bond donors (Lipinski definition) is 0. The van der Waals surface area contributed by atoms with Crippen molar-refractivity contribution < 1.29 is 0 Å². The molecule has 0 saturated carbocycles. The number of benzene rings is 7. The zero-order valence-electron chi connectivity index (χ0n) is 33.7. The monoisotopic (exact) mass is 748 g/mol. The summed E-state index contributed by atoms with van der Waals surface area (Å²) in [4.78, 5) is 4.85. The highest BCUT2D eigenvalue weighted by Crippen LogP contribution is 2.52. The number of fused-ring (bicyclic) bond motifs is 6. The maximum atomic E-state index is 2.49. The fourth-order valence-electron chi connectivity index (χ4n) is 9.66. The summed E-state index contributed by atoms with van der Waals surface area (Å²) in [7, 11) is 0. The Morgan fingerprint density at radius 2 is 0.862 bits per heavy atom. The van der Waals surface area contributed by atoms with Crippen LogP contribution in [0.15, 0.2) is 188 Å². The molecule has 3 aliphatic rings. The molecule has 0 radical (unpaired) electrons. The zero-order valence-corrected chi connectivity index (χ0v) is 33.7. The summed E-state index contributed by atoms with van der Waals surface area (Å²) in [6.07, 6.45) is 14.5. The van der Waals surface area contributed by atoms with Crippen LogP contribution in [0.3, 0.4) is 0 Å². The highest BCUT2D eigenvalue weighted by molar-refractivity contribution is 5.88. The first-order valence-electron chi connectivity index (χ1n) is 20.6. The van der Waals surface area contributed by atoms with Gasteiger partial charge >= 0.3 is 0 Å². The Hall–Kier alpha value is -6.64. The topological polar surface area (TPSA) is 6.48 Å². The summed E-state index contributed by atoms with van der Waals surface area (Å²) < 4.78 is 0. The van der Waals surface area contributed by atoms with E-state index < -0.39 is 0 Å². The molecule has 0 saturated heterocycles. The number of allylic oxidation sites excluding steroid dienone is 2. The van der Waals surface area contributed by atoms with Gasteiger partial charge in [0.2, 0.25) is 0 Å². The van der Waals surface area contributed by atoms with E-state index in [9.17, 15) is 0 Å². The number of para-hydroxylation sites is 3. The molecule has 0 fully saturated rings. The van der Waals surface area contributed by atoms with Gasteiger partial charge in [-0.25, -0.2) is 0 Å². The highest BCUT2D eigenvalue weighted by atomic mass is 15.2. The average molecular weight is 749 g/mol. The van der Waals surface area contributed by atoms with E-state index in [1.165, 1.54) is 72.7 Å². The predicted octanol–water partition coefficient (Wildman–Crippen LogP) is 15.0. The largest absolute Gasteiger partial charge is 0.334 e. The van der Waals surface area contributed by atoms with Gasteiger partial charge in [-0.3, -0.25) is 0 Å². The first kappa shape index (κ1) is 35.8. The Labute approximate surface area is 343 Å². The smallest absolute Gasteiger partial charge is 0.0559 e. The molecular formula is C56H48N2. The van der Waals surface area contributed by atoms with Gasteiger partial charge in [0.25, 0.3) is 0 Å². The minimum absolute atomic E-state index is 0.131. The lowest BCUT2D eigenvalue weighted by atomic mass is 9.81. The van der Waals surface area contributed by atoms with Gasteiger partial charge in [-0.1, -0.05) is 167 Å². The van der Waals surface area contributed by atoms with Gasteiger partial charge in [-0.15, -0.1) is 0 Å². The third-order valence-corrected chi connectivity index (χ3v) is 12.7. The van der Waals surface area contributed by atoms with Crippen LogP contribution in [0.1, 0.15) is 67.5 Å². The summed E-state index contributed by atoms with van der Waals surface area (Å²) in [5.41, 5.74) is 18.9. The van der Waals surface area contributed by atoms with E-state index in [2.05, 4.69) is 238 Å². The maximum absolute atomic E-state index is 2.49. The highest BCUT2D eigenvalue weighted by Gasteiger charge is 2.38. The third kappa shape index (κ3) is 6.03. The Bertz CT molecular complexity index is 2710. The van der Waals surface area contributed by atoms with Crippen LogP contribution in [-0.4, -0.2) is 6.04 Å². The molecule has 0 aromatic heterocycles. The zero-order chi connectivity index (χ0) is 39.4.